The molecule has 0 saturated carbocycles. The maximum absolute atomic E-state index is 12.5. The molecule has 0 radical (unpaired) electrons. The number of aromatic nitrogens is 1. The molecule has 0 aliphatic carbocycles. The molecule has 0 saturated heterocycles. The van der Waals surface area contributed by atoms with Gasteiger partial charge in [0, 0.05) is 11.9 Å². The third kappa shape index (κ3) is 3.13. The lowest BCUT2D eigenvalue weighted by molar-refractivity contribution is 0.0513. The van der Waals surface area contributed by atoms with Crippen LogP contribution in [0.2, 0.25) is 0 Å². The minimum absolute atomic E-state index is 0.262. The van der Waals surface area contributed by atoms with E-state index in [0.29, 0.717) is 18.8 Å². The van der Waals surface area contributed by atoms with Crippen LogP contribution in [0, 0.1) is 10.5 Å². The predicted molar refractivity (Wildman–Crippen MR) is 101 cm³/mol. The first kappa shape index (κ1) is 16.1. The van der Waals surface area contributed by atoms with Crippen molar-refractivity contribution in [1.82, 2.24) is 4.57 Å². The van der Waals surface area contributed by atoms with Gasteiger partial charge in [-0.15, -0.1) is 0 Å². The van der Waals surface area contributed by atoms with E-state index in [4.69, 9.17) is 4.74 Å². The molecule has 0 aliphatic rings. The monoisotopic (exact) mass is 419 g/mol. The highest BCUT2D eigenvalue weighted by atomic mass is 127. The van der Waals surface area contributed by atoms with Crippen molar-refractivity contribution >= 4 is 39.5 Å². The van der Waals surface area contributed by atoms with E-state index in [2.05, 4.69) is 64.4 Å². The zero-order chi connectivity index (χ0) is 16.4. The second-order valence-corrected chi connectivity index (χ2v) is 6.55. The number of carbonyl (C=O) groups is 1. The van der Waals surface area contributed by atoms with Crippen LogP contribution >= 0.6 is 22.6 Å². The average molecular weight is 419 g/mol. The van der Waals surface area contributed by atoms with E-state index in [-0.39, 0.29) is 5.97 Å². The standard InChI is InChI=1S/C19H18INO2/c1-3-23-19(22)18-17(20)15-10-9-13(2)11-16(15)21(18)12-14-7-5-4-6-8-14/h4-11H,3,12H2,1-2H3. The maximum atomic E-state index is 12.5. The smallest absolute Gasteiger partial charge is 0.356 e. The number of hydrogen-bond acceptors (Lipinski definition) is 2. The summed E-state index contributed by atoms with van der Waals surface area (Å²) in [4.78, 5) is 12.5. The van der Waals surface area contributed by atoms with Crippen molar-refractivity contribution in [1.29, 1.82) is 0 Å². The molecule has 0 bridgehead atoms. The van der Waals surface area contributed by atoms with Crippen LogP contribution in [0.1, 0.15) is 28.5 Å². The lowest BCUT2D eigenvalue weighted by Crippen LogP contribution is -2.14. The van der Waals surface area contributed by atoms with Gasteiger partial charge in [-0.1, -0.05) is 42.5 Å². The Balaban J connectivity index is 2.21. The van der Waals surface area contributed by atoms with Gasteiger partial charge in [0.05, 0.1) is 15.7 Å². The quantitative estimate of drug-likeness (QED) is 0.450. The lowest BCUT2D eigenvalue weighted by atomic mass is 10.2. The summed E-state index contributed by atoms with van der Waals surface area (Å²) in [7, 11) is 0. The molecule has 3 rings (SSSR count). The van der Waals surface area contributed by atoms with Crippen molar-refractivity contribution in [2.24, 2.45) is 0 Å². The second kappa shape index (κ2) is 6.74. The zero-order valence-corrected chi connectivity index (χ0v) is 15.3. The van der Waals surface area contributed by atoms with E-state index in [0.717, 1.165) is 20.0 Å². The summed E-state index contributed by atoms with van der Waals surface area (Å²) in [5.74, 6) is -0.262. The van der Waals surface area contributed by atoms with Gasteiger partial charge < -0.3 is 9.30 Å². The molecule has 0 N–H and O–H groups in total. The van der Waals surface area contributed by atoms with Crippen molar-refractivity contribution in [2.75, 3.05) is 6.61 Å². The molecule has 1 heterocycles. The molecule has 0 aliphatic heterocycles. The molecule has 0 unspecified atom stereocenters. The summed E-state index contributed by atoms with van der Waals surface area (Å²) >= 11 is 2.25. The Morgan fingerprint density at radius 3 is 2.61 bits per heavy atom. The minimum atomic E-state index is -0.262. The van der Waals surface area contributed by atoms with E-state index in [1.807, 2.05) is 25.1 Å². The van der Waals surface area contributed by atoms with Crippen LogP contribution in [0.15, 0.2) is 48.5 Å². The summed E-state index contributed by atoms with van der Waals surface area (Å²) in [6.07, 6.45) is 0. The normalized spacial score (nSPS) is 10.9. The number of esters is 1. The summed E-state index contributed by atoms with van der Waals surface area (Å²) in [5.41, 5.74) is 4.04. The molecule has 3 nitrogen and oxygen atoms in total. The summed E-state index contributed by atoms with van der Waals surface area (Å²) in [6, 6.07) is 16.5. The second-order valence-electron chi connectivity index (χ2n) is 5.48. The average Bonchev–Trinajstić information content (AvgIpc) is 2.80. The molecule has 3 aromatic rings. The topological polar surface area (TPSA) is 31.2 Å². The lowest BCUT2D eigenvalue weighted by Gasteiger charge is -2.11. The molecule has 0 atom stereocenters. The van der Waals surface area contributed by atoms with Crippen molar-refractivity contribution in [3.8, 4) is 0 Å². The number of fused-ring (bicyclic) bond motifs is 1. The third-order valence-corrected chi connectivity index (χ3v) is 4.90. The first-order valence-corrected chi connectivity index (χ1v) is 8.69. The fourth-order valence-electron chi connectivity index (χ4n) is 2.75. The summed E-state index contributed by atoms with van der Waals surface area (Å²) < 4.78 is 8.30. The number of aryl methyl sites for hydroxylation is 1. The van der Waals surface area contributed by atoms with Gasteiger partial charge in [0.1, 0.15) is 5.69 Å². The van der Waals surface area contributed by atoms with Crippen LogP contribution in [0.4, 0.5) is 0 Å². The number of ether oxygens (including phenoxy) is 1. The van der Waals surface area contributed by atoms with E-state index >= 15 is 0 Å². The van der Waals surface area contributed by atoms with Crippen molar-refractivity contribution < 1.29 is 9.53 Å². The Labute approximate surface area is 149 Å². The molecule has 23 heavy (non-hydrogen) atoms. The van der Waals surface area contributed by atoms with Crippen molar-refractivity contribution in [3.05, 3.63) is 68.9 Å². The van der Waals surface area contributed by atoms with Crippen LogP contribution in [0.25, 0.3) is 10.9 Å². The van der Waals surface area contributed by atoms with Gasteiger partial charge in [0.25, 0.3) is 0 Å². The van der Waals surface area contributed by atoms with Crippen LogP contribution in [0.5, 0.6) is 0 Å². The minimum Gasteiger partial charge on any atom is -0.461 e. The highest BCUT2D eigenvalue weighted by molar-refractivity contribution is 14.1. The number of halogens is 1. The molecule has 0 amide bonds. The molecule has 118 valence electrons. The SMILES string of the molecule is CCOC(=O)c1c(I)c2ccc(C)cc2n1Cc1ccccc1. The molecule has 4 heteroatoms. The molecule has 0 spiro atoms. The molecule has 1 aromatic heterocycles. The van der Waals surface area contributed by atoms with Gasteiger partial charge in [0.2, 0.25) is 0 Å². The third-order valence-electron chi connectivity index (χ3n) is 3.81. The Morgan fingerprint density at radius 2 is 1.91 bits per heavy atom. The van der Waals surface area contributed by atoms with Crippen molar-refractivity contribution in [3.63, 3.8) is 0 Å². The van der Waals surface area contributed by atoms with Crippen molar-refractivity contribution in [2.45, 2.75) is 20.4 Å². The zero-order valence-electron chi connectivity index (χ0n) is 13.2. The van der Waals surface area contributed by atoms with Gasteiger partial charge in [-0.05, 0) is 53.6 Å². The summed E-state index contributed by atoms with van der Waals surface area (Å²) in [5, 5.41) is 1.09. The Kier molecular flexibility index (Phi) is 4.71. The number of carbonyl (C=O) groups excluding carboxylic acids is 1. The number of nitrogens with zero attached hydrogens (tertiary/aromatic N) is 1. The van der Waals surface area contributed by atoms with Crippen LogP contribution in [-0.2, 0) is 11.3 Å². The van der Waals surface area contributed by atoms with Gasteiger partial charge in [-0.3, -0.25) is 0 Å². The van der Waals surface area contributed by atoms with Crippen LogP contribution < -0.4 is 0 Å². The summed E-state index contributed by atoms with van der Waals surface area (Å²) in [6.45, 7) is 4.92. The largest absolute Gasteiger partial charge is 0.461 e. The Hall–Kier alpha value is -1.82. The number of rotatable bonds is 4. The molecular formula is C19H18INO2. The first-order valence-electron chi connectivity index (χ1n) is 7.61. The highest BCUT2D eigenvalue weighted by Gasteiger charge is 2.22. The van der Waals surface area contributed by atoms with E-state index < -0.39 is 0 Å². The van der Waals surface area contributed by atoms with E-state index in [1.54, 1.807) is 0 Å². The molecular weight excluding hydrogens is 401 g/mol. The number of benzene rings is 2. The predicted octanol–water partition coefficient (Wildman–Crippen LogP) is 4.78. The van der Waals surface area contributed by atoms with Gasteiger partial charge in [-0.25, -0.2) is 4.79 Å². The Morgan fingerprint density at radius 1 is 1.17 bits per heavy atom. The highest BCUT2D eigenvalue weighted by Crippen LogP contribution is 2.30. The fraction of sp³-hybridized carbons (Fsp3) is 0.211. The number of hydrogen-bond donors (Lipinski definition) is 0. The first-order chi connectivity index (χ1) is 11.1. The van der Waals surface area contributed by atoms with E-state index in [1.165, 1.54) is 5.56 Å². The van der Waals surface area contributed by atoms with Crippen LogP contribution in [0.3, 0.4) is 0 Å². The van der Waals surface area contributed by atoms with Gasteiger partial charge >= 0.3 is 5.97 Å². The van der Waals surface area contributed by atoms with Crippen LogP contribution in [-0.4, -0.2) is 17.1 Å². The van der Waals surface area contributed by atoms with E-state index in [9.17, 15) is 4.79 Å². The fourth-order valence-corrected chi connectivity index (χ4v) is 3.71. The maximum Gasteiger partial charge on any atom is 0.356 e. The molecule has 0 fully saturated rings. The van der Waals surface area contributed by atoms with Gasteiger partial charge in [-0.2, -0.15) is 0 Å². The molecule has 2 aromatic carbocycles. The Bertz CT molecular complexity index is 853. The van der Waals surface area contributed by atoms with Gasteiger partial charge in [0.15, 0.2) is 0 Å².